The van der Waals surface area contributed by atoms with E-state index >= 15 is 0 Å². The molecule has 0 unspecified atom stereocenters. The standard InChI is InChI=1S/C6H4BrN3O/c7-5-4(11)2-1-3-6(5)9-10-8-3/h1-2,11H,(H,8,9,10). The second-order valence-electron chi connectivity index (χ2n) is 2.09. The van der Waals surface area contributed by atoms with Crippen molar-refractivity contribution in [3.63, 3.8) is 0 Å². The molecule has 0 bridgehead atoms. The molecule has 56 valence electrons. The van der Waals surface area contributed by atoms with Gasteiger partial charge in [-0.3, -0.25) is 0 Å². The first-order chi connectivity index (χ1) is 5.29. The number of aromatic nitrogens is 3. The third kappa shape index (κ3) is 0.883. The van der Waals surface area contributed by atoms with E-state index in [1.54, 1.807) is 12.1 Å². The molecule has 0 atom stereocenters. The molecule has 0 aliphatic rings. The van der Waals surface area contributed by atoms with Gasteiger partial charge in [-0.2, -0.15) is 15.4 Å². The lowest BCUT2D eigenvalue weighted by atomic mass is 10.3. The molecule has 1 heterocycles. The van der Waals surface area contributed by atoms with Gasteiger partial charge in [0, 0.05) is 0 Å². The van der Waals surface area contributed by atoms with Gasteiger partial charge < -0.3 is 5.11 Å². The minimum atomic E-state index is 0.173. The van der Waals surface area contributed by atoms with Crippen LogP contribution in [0.5, 0.6) is 5.75 Å². The lowest BCUT2D eigenvalue weighted by molar-refractivity contribution is 0.473. The number of phenolic OH excluding ortho intramolecular Hbond substituents is 1. The van der Waals surface area contributed by atoms with E-state index in [1.165, 1.54) is 0 Å². The van der Waals surface area contributed by atoms with Gasteiger partial charge in [-0.1, -0.05) is 0 Å². The molecule has 0 amide bonds. The van der Waals surface area contributed by atoms with Crippen molar-refractivity contribution in [1.29, 1.82) is 0 Å². The highest BCUT2D eigenvalue weighted by atomic mass is 79.9. The van der Waals surface area contributed by atoms with Gasteiger partial charge in [0.2, 0.25) is 0 Å². The number of rotatable bonds is 0. The highest BCUT2D eigenvalue weighted by molar-refractivity contribution is 9.10. The molecular formula is C6H4BrN3O. The van der Waals surface area contributed by atoms with Crippen LogP contribution in [-0.2, 0) is 0 Å². The Labute approximate surface area is 70.4 Å². The van der Waals surface area contributed by atoms with Gasteiger partial charge >= 0.3 is 0 Å². The molecule has 1 aromatic carbocycles. The van der Waals surface area contributed by atoms with Crippen LogP contribution in [0.2, 0.25) is 0 Å². The number of aromatic hydroxyl groups is 1. The normalized spacial score (nSPS) is 10.6. The Kier molecular flexibility index (Phi) is 1.32. The van der Waals surface area contributed by atoms with Crippen molar-refractivity contribution in [3.05, 3.63) is 16.6 Å². The summed E-state index contributed by atoms with van der Waals surface area (Å²) in [5.41, 5.74) is 1.37. The number of phenols is 1. The van der Waals surface area contributed by atoms with Crippen molar-refractivity contribution in [2.75, 3.05) is 0 Å². The summed E-state index contributed by atoms with van der Waals surface area (Å²) >= 11 is 3.19. The van der Waals surface area contributed by atoms with Crippen molar-refractivity contribution in [1.82, 2.24) is 15.4 Å². The monoisotopic (exact) mass is 213 g/mol. The summed E-state index contributed by atoms with van der Waals surface area (Å²) in [6, 6.07) is 3.26. The van der Waals surface area contributed by atoms with Crippen LogP contribution in [0.25, 0.3) is 11.0 Å². The maximum Gasteiger partial charge on any atom is 0.132 e. The molecule has 2 N–H and O–H groups in total. The summed E-state index contributed by atoms with van der Waals surface area (Å²) in [5.74, 6) is 0.173. The van der Waals surface area contributed by atoms with Gasteiger partial charge in [-0.25, -0.2) is 0 Å². The Morgan fingerprint density at radius 1 is 1.36 bits per heavy atom. The molecule has 0 aliphatic carbocycles. The van der Waals surface area contributed by atoms with E-state index in [1.807, 2.05) is 0 Å². The van der Waals surface area contributed by atoms with Crippen LogP contribution in [0.1, 0.15) is 0 Å². The zero-order valence-electron chi connectivity index (χ0n) is 5.37. The van der Waals surface area contributed by atoms with Gasteiger partial charge in [-0.05, 0) is 28.1 Å². The predicted octanol–water partition coefficient (Wildman–Crippen LogP) is 1.43. The third-order valence-corrected chi connectivity index (χ3v) is 2.19. The number of nitrogens with one attached hydrogen (secondary N) is 1. The summed E-state index contributed by atoms with van der Waals surface area (Å²) in [5, 5.41) is 19.4. The maximum atomic E-state index is 9.21. The molecule has 0 saturated carbocycles. The first-order valence-electron chi connectivity index (χ1n) is 2.97. The van der Waals surface area contributed by atoms with E-state index in [0.717, 1.165) is 5.52 Å². The Hall–Kier alpha value is -1.10. The molecule has 5 heteroatoms. The number of hydrogen-bond donors (Lipinski definition) is 2. The topological polar surface area (TPSA) is 61.8 Å². The highest BCUT2D eigenvalue weighted by Gasteiger charge is 2.05. The summed E-state index contributed by atoms with van der Waals surface area (Å²) in [6.07, 6.45) is 0. The zero-order valence-corrected chi connectivity index (χ0v) is 6.96. The largest absolute Gasteiger partial charge is 0.507 e. The molecule has 0 saturated heterocycles. The van der Waals surface area contributed by atoms with Crippen LogP contribution in [0.3, 0.4) is 0 Å². The number of H-pyrrole nitrogens is 1. The molecule has 2 rings (SSSR count). The molecule has 1 aromatic heterocycles. The fourth-order valence-corrected chi connectivity index (χ4v) is 1.29. The van der Waals surface area contributed by atoms with Crippen molar-refractivity contribution in [2.24, 2.45) is 0 Å². The zero-order chi connectivity index (χ0) is 7.84. The van der Waals surface area contributed by atoms with Gasteiger partial charge in [-0.15, -0.1) is 0 Å². The van der Waals surface area contributed by atoms with Crippen LogP contribution < -0.4 is 0 Å². The van der Waals surface area contributed by atoms with Crippen LogP contribution in [0, 0.1) is 0 Å². The van der Waals surface area contributed by atoms with Crippen LogP contribution in [-0.4, -0.2) is 20.5 Å². The minimum Gasteiger partial charge on any atom is -0.507 e. The van der Waals surface area contributed by atoms with Crippen LogP contribution in [0.15, 0.2) is 16.6 Å². The first kappa shape index (κ1) is 6.60. The number of nitrogens with zero attached hydrogens (tertiary/aromatic N) is 2. The maximum absolute atomic E-state index is 9.21. The van der Waals surface area contributed by atoms with Crippen molar-refractivity contribution < 1.29 is 5.11 Å². The lowest BCUT2D eigenvalue weighted by Gasteiger charge is -1.93. The number of aromatic amines is 1. The predicted molar refractivity (Wildman–Crippen MR) is 43.3 cm³/mol. The Morgan fingerprint density at radius 2 is 2.18 bits per heavy atom. The average molecular weight is 214 g/mol. The van der Waals surface area contributed by atoms with E-state index in [2.05, 4.69) is 31.3 Å². The molecule has 11 heavy (non-hydrogen) atoms. The first-order valence-corrected chi connectivity index (χ1v) is 3.76. The van der Waals surface area contributed by atoms with E-state index < -0.39 is 0 Å². The summed E-state index contributed by atoms with van der Waals surface area (Å²) < 4.78 is 0.573. The van der Waals surface area contributed by atoms with E-state index in [-0.39, 0.29) is 5.75 Å². The number of hydrogen-bond acceptors (Lipinski definition) is 3. The molecule has 0 spiro atoms. The molecular weight excluding hydrogens is 210 g/mol. The quantitative estimate of drug-likeness (QED) is 0.697. The number of benzene rings is 1. The van der Waals surface area contributed by atoms with Gasteiger partial charge in [0.15, 0.2) is 0 Å². The SMILES string of the molecule is Oc1ccc2n[nH]nc2c1Br. The molecule has 2 aromatic rings. The Morgan fingerprint density at radius 3 is 3.00 bits per heavy atom. The minimum absolute atomic E-state index is 0.173. The molecule has 4 nitrogen and oxygen atoms in total. The van der Waals surface area contributed by atoms with E-state index in [9.17, 15) is 5.11 Å². The smallest absolute Gasteiger partial charge is 0.132 e. The summed E-state index contributed by atoms with van der Waals surface area (Å²) in [7, 11) is 0. The second-order valence-corrected chi connectivity index (χ2v) is 2.88. The van der Waals surface area contributed by atoms with Gasteiger partial charge in [0.05, 0.1) is 4.47 Å². The Bertz CT molecular complexity index is 398. The average Bonchev–Trinajstić information content (AvgIpc) is 2.45. The van der Waals surface area contributed by atoms with Gasteiger partial charge in [0.25, 0.3) is 0 Å². The number of fused-ring (bicyclic) bond motifs is 1. The Balaban J connectivity index is 2.93. The van der Waals surface area contributed by atoms with Crippen LogP contribution >= 0.6 is 15.9 Å². The fraction of sp³-hybridized carbons (Fsp3) is 0. The van der Waals surface area contributed by atoms with Crippen molar-refractivity contribution in [2.45, 2.75) is 0 Å². The molecule has 0 fully saturated rings. The van der Waals surface area contributed by atoms with Crippen molar-refractivity contribution in [3.8, 4) is 5.75 Å². The highest BCUT2D eigenvalue weighted by Crippen LogP contribution is 2.29. The van der Waals surface area contributed by atoms with E-state index in [0.29, 0.717) is 9.99 Å². The van der Waals surface area contributed by atoms with E-state index in [4.69, 9.17) is 0 Å². The molecule has 0 radical (unpaired) electrons. The molecule has 0 aliphatic heterocycles. The lowest BCUT2D eigenvalue weighted by Crippen LogP contribution is -1.72. The van der Waals surface area contributed by atoms with Crippen LogP contribution in [0.4, 0.5) is 0 Å². The van der Waals surface area contributed by atoms with Crippen molar-refractivity contribution >= 4 is 27.0 Å². The fourth-order valence-electron chi connectivity index (χ4n) is 0.869. The summed E-state index contributed by atoms with van der Waals surface area (Å²) in [4.78, 5) is 0. The summed E-state index contributed by atoms with van der Waals surface area (Å²) in [6.45, 7) is 0. The number of halogens is 1. The third-order valence-electron chi connectivity index (χ3n) is 1.41. The van der Waals surface area contributed by atoms with Gasteiger partial charge in [0.1, 0.15) is 16.8 Å². The second kappa shape index (κ2) is 2.20.